The Balaban J connectivity index is 1.72. The zero-order valence-corrected chi connectivity index (χ0v) is 17.5. The first-order valence-electron chi connectivity index (χ1n) is 9.75. The Morgan fingerprint density at radius 1 is 1.03 bits per heavy atom. The maximum Gasteiger partial charge on any atom is 0.304 e. The summed E-state index contributed by atoms with van der Waals surface area (Å²) in [7, 11) is 1.59. The summed E-state index contributed by atoms with van der Waals surface area (Å²) in [5, 5.41) is 3.43. The van der Waals surface area contributed by atoms with E-state index in [-0.39, 0.29) is 11.8 Å². The van der Waals surface area contributed by atoms with Crippen LogP contribution in [0, 0.1) is 0 Å². The average molecular weight is 435 g/mol. The number of halogens is 1. The molecular formula is C24H21ClN3O3+. The Bertz CT molecular complexity index is 1130. The summed E-state index contributed by atoms with van der Waals surface area (Å²) in [6.45, 7) is 0. The highest BCUT2D eigenvalue weighted by molar-refractivity contribution is 6.32. The summed E-state index contributed by atoms with van der Waals surface area (Å²) in [4.78, 5) is 25.7. The van der Waals surface area contributed by atoms with Crippen molar-refractivity contribution in [3.05, 3.63) is 101 Å². The first kappa shape index (κ1) is 20.6. The van der Waals surface area contributed by atoms with Crippen molar-refractivity contribution in [2.45, 2.75) is 12.1 Å². The van der Waals surface area contributed by atoms with Crippen LogP contribution in [-0.2, 0) is 4.79 Å². The molecule has 1 saturated heterocycles. The van der Waals surface area contributed by atoms with Crippen LogP contribution in [0.2, 0.25) is 5.02 Å². The fourth-order valence-corrected chi connectivity index (χ4v) is 3.71. The van der Waals surface area contributed by atoms with E-state index in [1.54, 1.807) is 48.3 Å². The molecule has 4 rings (SSSR count). The van der Waals surface area contributed by atoms with Crippen molar-refractivity contribution in [3.8, 4) is 5.75 Å². The summed E-state index contributed by atoms with van der Waals surface area (Å²) in [5.74, 6) is 0.0693. The number of nitrogens with zero attached hydrogens (tertiary/aromatic N) is 1. The standard InChI is InChI=1S/C24H20ClN3O3/c1-31-19-13-11-16(12-14-19)22-21(26-23(29)17-7-3-2-4-8-17)24(30)27-28(22)15-18-9-5-6-10-20(18)25/h2-15,21-22H,1H3,(H-,26,27,29,30)/p+1/b28-15-/t21-,22-/m1/s1. The lowest BCUT2D eigenvalue weighted by Crippen LogP contribution is -2.42. The lowest BCUT2D eigenvalue weighted by Gasteiger charge is -2.15. The third-order valence-corrected chi connectivity index (χ3v) is 5.44. The Hall–Kier alpha value is -3.64. The number of ether oxygens (including phenoxy) is 1. The molecule has 7 heteroatoms. The zero-order valence-electron chi connectivity index (χ0n) is 16.8. The highest BCUT2D eigenvalue weighted by Crippen LogP contribution is 2.27. The third kappa shape index (κ3) is 4.44. The second-order valence-corrected chi connectivity index (χ2v) is 7.48. The van der Waals surface area contributed by atoms with Crippen molar-refractivity contribution in [3.63, 3.8) is 0 Å². The maximum atomic E-state index is 12.9. The SMILES string of the molecule is COc1ccc([C@@H]2[C@@H](NC(=O)c3ccccc3)C(=O)N/[N+]2=C\c2ccccc2Cl)cc1. The largest absolute Gasteiger partial charge is 0.497 e. The lowest BCUT2D eigenvalue weighted by atomic mass is 9.99. The molecule has 0 bridgehead atoms. The van der Waals surface area contributed by atoms with Crippen LogP contribution in [0.15, 0.2) is 78.9 Å². The van der Waals surface area contributed by atoms with Crippen LogP contribution in [0.3, 0.4) is 0 Å². The monoisotopic (exact) mass is 434 g/mol. The van der Waals surface area contributed by atoms with Gasteiger partial charge in [-0.2, -0.15) is 0 Å². The molecule has 0 radical (unpaired) electrons. The molecule has 2 N–H and O–H groups in total. The number of hydrazine groups is 1. The smallest absolute Gasteiger partial charge is 0.304 e. The van der Waals surface area contributed by atoms with E-state index in [1.165, 1.54) is 0 Å². The van der Waals surface area contributed by atoms with Crippen LogP contribution in [0.4, 0.5) is 0 Å². The zero-order chi connectivity index (χ0) is 21.8. The Morgan fingerprint density at radius 3 is 2.39 bits per heavy atom. The Labute approximate surface area is 185 Å². The molecule has 6 nitrogen and oxygen atoms in total. The molecule has 0 unspecified atom stereocenters. The molecule has 2 atom stereocenters. The van der Waals surface area contributed by atoms with Crippen molar-refractivity contribution < 1.29 is 19.0 Å². The van der Waals surface area contributed by atoms with Crippen molar-refractivity contribution in [1.29, 1.82) is 0 Å². The highest BCUT2D eigenvalue weighted by atomic mass is 35.5. The van der Waals surface area contributed by atoms with Gasteiger partial charge >= 0.3 is 5.91 Å². The van der Waals surface area contributed by atoms with Gasteiger partial charge in [0.2, 0.25) is 12.3 Å². The van der Waals surface area contributed by atoms with E-state index < -0.39 is 12.1 Å². The fraction of sp³-hybridized carbons (Fsp3) is 0.125. The van der Waals surface area contributed by atoms with Crippen molar-refractivity contribution in [1.82, 2.24) is 10.7 Å². The van der Waals surface area contributed by atoms with Crippen molar-refractivity contribution in [2.75, 3.05) is 7.11 Å². The van der Waals surface area contributed by atoms with E-state index in [9.17, 15) is 9.59 Å². The maximum absolute atomic E-state index is 12.9. The molecule has 1 aliphatic heterocycles. The summed E-state index contributed by atoms with van der Waals surface area (Å²) < 4.78 is 6.93. The Kier molecular flexibility index (Phi) is 6.00. The molecule has 0 aliphatic carbocycles. The van der Waals surface area contributed by atoms with Crippen LogP contribution in [0.25, 0.3) is 0 Å². The van der Waals surface area contributed by atoms with Crippen LogP contribution in [0.1, 0.15) is 27.5 Å². The molecule has 3 aromatic carbocycles. The second kappa shape index (κ2) is 9.02. The van der Waals surface area contributed by atoms with E-state index in [4.69, 9.17) is 16.3 Å². The quantitative estimate of drug-likeness (QED) is 0.605. The Morgan fingerprint density at radius 2 is 1.71 bits per heavy atom. The van der Waals surface area contributed by atoms with E-state index in [1.807, 2.05) is 48.5 Å². The van der Waals surface area contributed by atoms with Gasteiger partial charge < -0.3 is 10.1 Å². The molecule has 2 amide bonds. The van der Waals surface area contributed by atoms with Gasteiger partial charge in [0, 0.05) is 11.1 Å². The van der Waals surface area contributed by atoms with Gasteiger partial charge in [0.1, 0.15) is 5.75 Å². The number of carbonyl (C=O) groups is 2. The van der Waals surface area contributed by atoms with E-state index in [2.05, 4.69) is 10.7 Å². The van der Waals surface area contributed by atoms with E-state index in [0.29, 0.717) is 16.3 Å². The van der Waals surface area contributed by atoms with Gasteiger partial charge in [-0.05, 0) is 48.5 Å². The van der Waals surface area contributed by atoms with Crippen LogP contribution in [0.5, 0.6) is 5.75 Å². The fourth-order valence-electron chi connectivity index (χ4n) is 3.53. The topological polar surface area (TPSA) is 70.4 Å². The van der Waals surface area contributed by atoms with Gasteiger partial charge in [-0.1, -0.05) is 41.9 Å². The highest BCUT2D eigenvalue weighted by Gasteiger charge is 2.47. The average Bonchev–Trinajstić information content (AvgIpc) is 3.10. The van der Waals surface area contributed by atoms with Gasteiger partial charge in [0.25, 0.3) is 5.91 Å². The molecule has 3 aromatic rings. The van der Waals surface area contributed by atoms with Gasteiger partial charge in [-0.15, -0.1) is 10.1 Å². The molecule has 1 fully saturated rings. The summed E-state index contributed by atoms with van der Waals surface area (Å²) in [6.07, 6.45) is 1.77. The summed E-state index contributed by atoms with van der Waals surface area (Å²) >= 11 is 6.32. The number of rotatable bonds is 5. The molecule has 0 aromatic heterocycles. The minimum Gasteiger partial charge on any atom is -0.497 e. The lowest BCUT2D eigenvalue weighted by molar-refractivity contribution is -0.596. The molecular weight excluding hydrogens is 414 g/mol. The first-order chi connectivity index (χ1) is 15.1. The second-order valence-electron chi connectivity index (χ2n) is 7.07. The molecule has 0 spiro atoms. The number of methoxy groups -OCH3 is 1. The number of carbonyl (C=O) groups excluding carboxylic acids is 2. The molecule has 1 heterocycles. The van der Waals surface area contributed by atoms with Crippen LogP contribution >= 0.6 is 11.6 Å². The normalized spacial score (nSPS) is 19.2. The number of nitrogens with one attached hydrogen (secondary N) is 2. The minimum atomic E-state index is -0.806. The number of hydrogen-bond acceptors (Lipinski definition) is 3. The molecule has 156 valence electrons. The minimum absolute atomic E-state index is 0.312. The predicted molar refractivity (Wildman–Crippen MR) is 118 cm³/mol. The third-order valence-electron chi connectivity index (χ3n) is 5.10. The van der Waals surface area contributed by atoms with Gasteiger partial charge in [0.05, 0.1) is 17.7 Å². The molecule has 31 heavy (non-hydrogen) atoms. The molecule has 0 saturated carbocycles. The number of benzene rings is 3. The van der Waals surface area contributed by atoms with Gasteiger partial charge in [-0.3, -0.25) is 9.59 Å². The number of amides is 2. The van der Waals surface area contributed by atoms with E-state index >= 15 is 0 Å². The predicted octanol–water partition coefficient (Wildman–Crippen LogP) is 3.36. The molecule has 1 aliphatic rings. The first-order valence-corrected chi connectivity index (χ1v) is 10.1. The van der Waals surface area contributed by atoms with Crippen molar-refractivity contribution in [2.24, 2.45) is 0 Å². The van der Waals surface area contributed by atoms with Gasteiger partial charge in [-0.25, -0.2) is 0 Å². The van der Waals surface area contributed by atoms with Crippen molar-refractivity contribution >= 4 is 29.6 Å². The summed E-state index contributed by atoms with van der Waals surface area (Å²) in [6, 6.07) is 22.3. The van der Waals surface area contributed by atoms with E-state index in [0.717, 1.165) is 11.1 Å². The van der Waals surface area contributed by atoms with Crippen LogP contribution in [-0.4, -0.2) is 35.9 Å². The van der Waals surface area contributed by atoms with Gasteiger partial charge in [0.15, 0.2) is 6.04 Å². The van der Waals surface area contributed by atoms with Crippen LogP contribution < -0.4 is 15.5 Å². The summed E-state index contributed by atoms with van der Waals surface area (Å²) in [5.41, 5.74) is 4.91. The number of hydrazone groups is 1. The number of hydrogen-bond donors (Lipinski definition) is 2.